The lowest BCUT2D eigenvalue weighted by molar-refractivity contribution is -0.113. The number of aryl methyl sites for hydroxylation is 2. The molecule has 0 saturated carbocycles. The Labute approximate surface area is 138 Å². The van der Waals surface area contributed by atoms with Gasteiger partial charge in [0, 0.05) is 0 Å². The van der Waals surface area contributed by atoms with Crippen molar-refractivity contribution >= 4 is 34.6 Å². The van der Waals surface area contributed by atoms with E-state index in [-0.39, 0.29) is 16.9 Å². The highest BCUT2D eigenvalue weighted by Gasteiger charge is 2.34. The molecule has 1 heterocycles. The van der Waals surface area contributed by atoms with Crippen molar-refractivity contribution in [1.82, 2.24) is 0 Å². The molecule has 2 aromatic carbocycles. The number of hydrogen-bond acceptors (Lipinski definition) is 3. The third-order valence-electron chi connectivity index (χ3n) is 3.60. The van der Waals surface area contributed by atoms with Crippen LogP contribution in [0.1, 0.15) is 16.7 Å². The van der Waals surface area contributed by atoms with E-state index in [0.29, 0.717) is 4.91 Å². The molecular weight excluding hydrogens is 311 g/mol. The number of anilines is 1. The normalized spacial score (nSPS) is 16.5. The Hall–Kier alpha value is -2.40. The Kier molecular flexibility index (Phi) is 4.05. The van der Waals surface area contributed by atoms with Crippen molar-refractivity contribution < 1.29 is 9.18 Å². The van der Waals surface area contributed by atoms with Gasteiger partial charge in [-0.3, -0.25) is 15.1 Å². The van der Waals surface area contributed by atoms with E-state index >= 15 is 0 Å². The van der Waals surface area contributed by atoms with Crippen molar-refractivity contribution in [3.05, 3.63) is 69.9 Å². The van der Waals surface area contributed by atoms with Gasteiger partial charge in [-0.2, -0.15) is 0 Å². The molecule has 1 saturated heterocycles. The summed E-state index contributed by atoms with van der Waals surface area (Å²) >= 11 is 1.12. The molecule has 0 unspecified atom stereocenters. The van der Waals surface area contributed by atoms with Crippen LogP contribution in [-0.2, 0) is 4.79 Å². The third kappa shape index (κ3) is 3.05. The summed E-state index contributed by atoms with van der Waals surface area (Å²) in [6.45, 7) is 3.87. The number of amidine groups is 1. The molecule has 0 spiro atoms. The lowest BCUT2D eigenvalue weighted by atomic mass is 10.1. The van der Waals surface area contributed by atoms with Gasteiger partial charge >= 0.3 is 0 Å². The maximum absolute atomic E-state index is 13.0. The average Bonchev–Trinajstić information content (AvgIpc) is 2.78. The van der Waals surface area contributed by atoms with Crippen LogP contribution in [0.5, 0.6) is 0 Å². The summed E-state index contributed by atoms with van der Waals surface area (Å²) < 4.78 is 13.0. The highest BCUT2D eigenvalue weighted by atomic mass is 32.2. The Morgan fingerprint density at radius 3 is 2.52 bits per heavy atom. The Balaban J connectivity index is 1.97. The van der Waals surface area contributed by atoms with Crippen LogP contribution in [0.4, 0.5) is 10.1 Å². The van der Waals surface area contributed by atoms with Gasteiger partial charge in [-0.15, -0.1) is 0 Å². The maximum atomic E-state index is 13.0. The van der Waals surface area contributed by atoms with Crippen LogP contribution in [0.2, 0.25) is 0 Å². The van der Waals surface area contributed by atoms with E-state index in [9.17, 15) is 9.18 Å². The first kappa shape index (κ1) is 15.5. The first-order valence-electron chi connectivity index (χ1n) is 7.11. The molecule has 0 radical (unpaired) electrons. The molecule has 23 heavy (non-hydrogen) atoms. The van der Waals surface area contributed by atoms with E-state index in [4.69, 9.17) is 5.41 Å². The fourth-order valence-corrected chi connectivity index (χ4v) is 3.23. The van der Waals surface area contributed by atoms with Crippen LogP contribution < -0.4 is 4.90 Å². The lowest BCUT2D eigenvalue weighted by Gasteiger charge is -2.17. The van der Waals surface area contributed by atoms with Gasteiger partial charge in [0.15, 0.2) is 5.17 Å². The van der Waals surface area contributed by atoms with Crippen molar-refractivity contribution in [2.75, 3.05) is 4.90 Å². The Bertz CT molecular complexity index is 827. The Morgan fingerprint density at radius 1 is 1.13 bits per heavy atom. The summed E-state index contributed by atoms with van der Waals surface area (Å²) in [4.78, 5) is 14.6. The number of nitrogens with zero attached hydrogens (tertiary/aromatic N) is 1. The molecule has 1 N–H and O–H groups in total. The van der Waals surface area contributed by atoms with Crippen LogP contribution in [0.25, 0.3) is 6.08 Å². The molecular formula is C18H15FN2OS. The number of carbonyl (C=O) groups is 1. The van der Waals surface area contributed by atoms with Crippen LogP contribution in [0, 0.1) is 25.1 Å². The summed E-state index contributed by atoms with van der Waals surface area (Å²) in [6.07, 6.45) is 1.69. The van der Waals surface area contributed by atoms with E-state index in [2.05, 4.69) is 0 Å². The van der Waals surface area contributed by atoms with E-state index in [1.165, 1.54) is 17.0 Å². The molecule has 1 aliphatic rings. The van der Waals surface area contributed by atoms with Crippen LogP contribution in [0.15, 0.2) is 47.4 Å². The second kappa shape index (κ2) is 6.01. The summed E-state index contributed by atoms with van der Waals surface area (Å²) in [5.41, 5.74) is 3.44. The average molecular weight is 326 g/mol. The summed E-state index contributed by atoms with van der Waals surface area (Å²) in [5, 5.41) is 8.32. The number of benzene rings is 2. The minimum Gasteiger partial charge on any atom is -0.278 e. The SMILES string of the molecule is Cc1ccc(C)c(N2C(=N)S/C(=C\c3ccc(F)cc3)C2=O)c1. The number of rotatable bonds is 2. The van der Waals surface area contributed by atoms with Crippen LogP contribution in [-0.4, -0.2) is 11.1 Å². The van der Waals surface area contributed by atoms with Gasteiger partial charge in [0.1, 0.15) is 5.82 Å². The standard InChI is InChI=1S/C18H15FN2OS/c1-11-3-4-12(2)15(9-11)21-17(22)16(23-18(21)20)10-13-5-7-14(19)8-6-13/h3-10,20H,1-2H3/b16-10-,20-18?. The second-order valence-electron chi connectivity index (χ2n) is 5.40. The number of hydrogen-bond donors (Lipinski definition) is 1. The summed E-state index contributed by atoms with van der Waals surface area (Å²) in [6, 6.07) is 11.8. The zero-order valence-corrected chi connectivity index (χ0v) is 13.6. The van der Waals surface area contributed by atoms with Gasteiger partial charge in [0.25, 0.3) is 5.91 Å². The van der Waals surface area contributed by atoms with Gasteiger partial charge in [-0.1, -0.05) is 24.3 Å². The molecule has 3 rings (SSSR count). The second-order valence-corrected chi connectivity index (χ2v) is 6.43. The van der Waals surface area contributed by atoms with Crippen LogP contribution >= 0.6 is 11.8 Å². The molecule has 1 fully saturated rings. The van der Waals surface area contributed by atoms with Gasteiger partial charge < -0.3 is 0 Å². The largest absolute Gasteiger partial charge is 0.278 e. The molecule has 1 amide bonds. The molecule has 5 heteroatoms. The molecule has 0 aromatic heterocycles. The number of halogens is 1. The zero-order valence-electron chi connectivity index (χ0n) is 12.8. The predicted molar refractivity (Wildman–Crippen MR) is 93.1 cm³/mol. The van der Waals surface area contributed by atoms with Crippen molar-refractivity contribution in [3.8, 4) is 0 Å². The van der Waals surface area contributed by atoms with Gasteiger partial charge in [-0.05, 0) is 66.6 Å². The highest BCUT2D eigenvalue weighted by Crippen LogP contribution is 2.36. The van der Waals surface area contributed by atoms with E-state index in [0.717, 1.165) is 34.1 Å². The smallest absolute Gasteiger partial charge is 0.271 e. The Morgan fingerprint density at radius 2 is 1.83 bits per heavy atom. The van der Waals surface area contributed by atoms with Crippen molar-refractivity contribution in [2.45, 2.75) is 13.8 Å². The van der Waals surface area contributed by atoms with Crippen molar-refractivity contribution in [1.29, 1.82) is 5.41 Å². The first-order valence-corrected chi connectivity index (χ1v) is 7.93. The molecule has 0 bridgehead atoms. The van der Waals surface area contributed by atoms with E-state index in [1.807, 2.05) is 32.0 Å². The molecule has 0 atom stereocenters. The molecule has 1 aliphatic heterocycles. The number of thioether (sulfide) groups is 1. The quantitative estimate of drug-likeness (QED) is 0.826. The van der Waals surface area contributed by atoms with E-state index < -0.39 is 0 Å². The van der Waals surface area contributed by atoms with E-state index in [1.54, 1.807) is 18.2 Å². The minimum absolute atomic E-state index is 0.178. The highest BCUT2D eigenvalue weighted by molar-refractivity contribution is 8.19. The van der Waals surface area contributed by atoms with Gasteiger partial charge in [0.05, 0.1) is 10.6 Å². The molecule has 116 valence electrons. The van der Waals surface area contributed by atoms with Crippen LogP contribution in [0.3, 0.4) is 0 Å². The predicted octanol–water partition coefficient (Wildman–Crippen LogP) is 4.50. The lowest BCUT2D eigenvalue weighted by Crippen LogP contribution is -2.28. The zero-order chi connectivity index (χ0) is 16.6. The third-order valence-corrected chi connectivity index (χ3v) is 4.49. The van der Waals surface area contributed by atoms with Gasteiger partial charge in [0.2, 0.25) is 0 Å². The molecule has 2 aromatic rings. The summed E-state index contributed by atoms with van der Waals surface area (Å²) in [7, 11) is 0. The minimum atomic E-state index is -0.317. The number of amides is 1. The monoisotopic (exact) mass is 326 g/mol. The fraction of sp³-hybridized carbons (Fsp3) is 0.111. The van der Waals surface area contributed by atoms with Crippen molar-refractivity contribution in [3.63, 3.8) is 0 Å². The summed E-state index contributed by atoms with van der Waals surface area (Å²) in [5.74, 6) is -0.541. The topological polar surface area (TPSA) is 44.2 Å². The fourth-order valence-electron chi connectivity index (χ4n) is 2.38. The maximum Gasteiger partial charge on any atom is 0.271 e. The number of nitrogens with one attached hydrogen (secondary N) is 1. The van der Waals surface area contributed by atoms with Gasteiger partial charge in [-0.25, -0.2) is 4.39 Å². The number of carbonyl (C=O) groups excluding carboxylic acids is 1. The molecule has 3 nitrogen and oxygen atoms in total. The first-order chi connectivity index (χ1) is 11.0. The van der Waals surface area contributed by atoms with Crippen molar-refractivity contribution in [2.24, 2.45) is 0 Å². The molecule has 0 aliphatic carbocycles.